The molecule has 2 rings (SSSR count). The Kier molecular flexibility index (Phi) is 4.57. The van der Waals surface area contributed by atoms with Crippen molar-refractivity contribution in [3.05, 3.63) is 39.9 Å². The van der Waals surface area contributed by atoms with Gasteiger partial charge in [-0.1, -0.05) is 12.1 Å². The molecule has 0 bridgehead atoms. The van der Waals surface area contributed by atoms with E-state index in [0.717, 1.165) is 0 Å². The molecule has 1 aliphatic heterocycles. The molecule has 1 aliphatic rings. The number of nitro benzene ring substituents is 1. The second-order valence-corrected chi connectivity index (χ2v) is 4.60. The van der Waals surface area contributed by atoms with E-state index in [4.69, 9.17) is 0 Å². The van der Waals surface area contributed by atoms with Gasteiger partial charge in [0, 0.05) is 18.2 Å². The van der Waals surface area contributed by atoms with Crippen molar-refractivity contribution in [3.63, 3.8) is 0 Å². The molecule has 0 spiro atoms. The summed E-state index contributed by atoms with van der Waals surface area (Å²) < 4.78 is 0. The van der Waals surface area contributed by atoms with E-state index in [-0.39, 0.29) is 23.6 Å². The number of hydrogen-bond acceptors (Lipinski definition) is 6. The highest BCUT2D eigenvalue weighted by molar-refractivity contribution is 6.09. The maximum atomic E-state index is 11.7. The molecule has 1 aromatic carbocycles. The van der Waals surface area contributed by atoms with Crippen molar-refractivity contribution >= 4 is 29.4 Å². The van der Waals surface area contributed by atoms with E-state index in [1.165, 1.54) is 24.4 Å². The van der Waals surface area contributed by atoms with E-state index < -0.39 is 16.7 Å². The summed E-state index contributed by atoms with van der Waals surface area (Å²) in [7, 11) is 0. The molecule has 0 aromatic heterocycles. The third-order valence-electron chi connectivity index (χ3n) is 3.08. The Balaban J connectivity index is 1.95. The van der Waals surface area contributed by atoms with E-state index in [0.29, 0.717) is 5.71 Å². The van der Waals surface area contributed by atoms with Crippen molar-refractivity contribution in [2.45, 2.75) is 13.3 Å². The van der Waals surface area contributed by atoms with Crippen LogP contribution in [0, 0.1) is 16.0 Å². The number of amides is 2. The quantitative estimate of drug-likeness (QED) is 0.468. The lowest BCUT2D eigenvalue weighted by Gasteiger charge is -2.05. The molecule has 0 unspecified atom stereocenters. The SMILES string of the molecule is CC1=NNC(=O)[C@@H]1CC(=O)N/N=C\c1ccccc1[N+](=O)[O-]. The lowest BCUT2D eigenvalue weighted by atomic mass is 10.0. The van der Waals surface area contributed by atoms with E-state index in [9.17, 15) is 19.7 Å². The highest BCUT2D eigenvalue weighted by atomic mass is 16.6. The molecular weight excluding hydrogens is 290 g/mol. The fourth-order valence-electron chi connectivity index (χ4n) is 1.90. The molecule has 0 saturated heterocycles. The van der Waals surface area contributed by atoms with Crippen LogP contribution in [0.5, 0.6) is 0 Å². The first kappa shape index (κ1) is 15.3. The fourth-order valence-corrected chi connectivity index (χ4v) is 1.90. The predicted octanol–water partition coefficient (Wildman–Crippen LogP) is 0.557. The largest absolute Gasteiger partial charge is 0.278 e. The molecule has 1 heterocycles. The zero-order chi connectivity index (χ0) is 16.1. The number of carbonyl (C=O) groups excluding carboxylic acids is 2. The van der Waals surface area contributed by atoms with Crippen LogP contribution in [0.25, 0.3) is 0 Å². The van der Waals surface area contributed by atoms with Crippen LogP contribution < -0.4 is 10.9 Å². The van der Waals surface area contributed by atoms with Gasteiger partial charge in [0.1, 0.15) is 0 Å². The van der Waals surface area contributed by atoms with Crippen molar-refractivity contribution in [3.8, 4) is 0 Å². The molecule has 9 nitrogen and oxygen atoms in total. The van der Waals surface area contributed by atoms with Gasteiger partial charge in [-0.3, -0.25) is 19.7 Å². The van der Waals surface area contributed by atoms with Gasteiger partial charge < -0.3 is 0 Å². The van der Waals surface area contributed by atoms with Gasteiger partial charge in [0.2, 0.25) is 11.8 Å². The Morgan fingerprint density at radius 3 is 2.91 bits per heavy atom. The van der Waals surface area contributed by atoms with Crippen molar-refractivity contribution in [1.82, 2.24) is 10.9 Å². The number of para-hydroxylation sites is 1. The molecule has 2 N–H and O–H groups in total. The molecule has 22 heavy (non-hydrogen) atoms. The minimum atomic E-state index is -0.610. The third kappa shape index (κ3) is 3.51. The molecular formula is C13H13N5O4. The van der Waals surface area contributed by atoms with Crippen LogP contribution in [0.2, 0.25) is 0 Å². The molecule has 0 radical (unpaired) electrons. The molecule has 1 atom stereocenters. The van der Waals surface area contributed by atoms with Crippen molar-refractivity contribution < 1.29 is 14.5 Å². The summed E-state index contributed by atoms with van der Waals surface area (Å²) in [6.45, 7) is 1.65. The molecule has 2 amide bonds. The summed E-state index contributed by atoms with van der Waals surface area (Å²) in [5.41, 5.74) is 5.21. The van der Waals surface area contributed by atoms with Gasteiger partial charge >= 0.3 is 0 Å². The number of carbonyl (C=O) groups is 2. The number of nitrogens with one attached hydrogen (secondary N) is 2. The van der Waals surface area contributed by atoms with Crippen LogP contribution in [0.15, 0.2) is 34.5 Å². The maximum absolute atomic E-state index is 11.7. The van der Waals surface area contributed by atoms with E-state index >= 15 is 0 Å². The van der Waals surface area contributed by atoms with Gasteiger partial charge in [0.25, 0.3) is 5.69 Å². The van der Waals surface area contributed by atoms with Gasteiger partial charge in [-0.25, -0.2) is 10.9 Å². The number of nitrogens with zero attached hydrogens (tertiary/aromatic N) is 3. The van der Waals surface area contributed by atoms with Gasteiger partial charge in [0.05, 0.1) is 22.6 Å². The summed E-state index contributed by atoms with van der Waals surface area (Å²) in [5, 5.41) is 18.2. The van der Waals surface area contributed by atoms with E-state index in [1.807, 2.05) is 0 Å². The minimum absolute atomic E-state index is 0.0879. The summed E-state index contributed by atoms with van der Waals surface area (Å²) in [4.78, 5) is 33.4. The van der Waals surface area contributed by atoms with Crippen molar-refractivity contribution in [2.75, 3.05) is 0 Å². The smallest absolute Gasteiger partial charge is 0.273 e. The molecule has 1 aromatic rings. The predicted molar refractivity (Wildman–Crippen MR) is 78.2 cm³/mol. The summed E-state index contributed by atoms with van der Waals surface area (Å²) in [6.07, 6.45) is 1.10. The Morgan fingerprint density at radius 2 is 2.27 bits per heavy atom. The molecule has 0 saturated carbocycles. The second-order valence-electron chi connectivity index (χ2n) is 4.60. The van der Waals surface area contributed by atoms with Crippen molar-refractivity contribution in [1.29, 1.82) is 0 Å². The first-order valence-corrected chi connectivity index (χ1v) is 6.38. The standard InChI is InChI=1S/C13H13N5O4/c1-8-10(13(20)17-15-8)6-12(19)16-14-7-9-4-2-3-5-11(9)18(21)22/h2-5,7,10H,6H2,1H3,(H,16,19)(H,17,20)/b14-7-/t10-/m1/s1. The fraction of sp³-hybridized carbons (Fsp3) is 0.231. The molecule has 0 aliphatic carbocycles. The minimum Gasteiger partial charge on any atom is -0.273 e. The van der Waals surface area contributed by atoms with E-state index in [2.05, 4.69) is 21.1 Å². The van der Waals surface area contributed by atoms with Crippen LogP contribution >= 0.6 is 0 Å². The number of hydrazone groups is 2. The number of rotatable bonds is 5. The van der Waals surface area contributed by atoms with Gasteiger partial charge in [0.15, 0.2) is 0 Å². The van der Waals surface area contributed by atoms with Crippen LogP contribution in [0.4, 0.5) is 5.69 Å². The van der Waals surface area contributed by atoms with Crippen LogP contribution in [-0.2, 0) is 9.59 Å². The normalized spacial score (nSPS) is 17.2. The Hall–Kier alpha value is -3.10. The Morgan fingerprint density at radius 1 is 1.55 bits per heavy atom. The highest BCUT2D eigenvalue weighted by Gasteiger charge is 2.28. The van der Waals surface area contributed by atoms with Gasteiger partial charge in [-0.15, -0.1) is 0 Å². The first-order valence-electron chi connectivity index (χ1n) is 6.38. The molecule has 9 heteroatoms. The van der Waals surface area contributed by atoms with Crippen LogP contribution in [0.3, 0.4) is 0 Å². The zero-order valence-corrected chi connectivity index (χ0v) is 11.6. The summed E-state index contributed by atoms with van der Waals surface area (Å²) >= 11 is 0. The average molecular weight is 303 g/mol. The Labute approximate surface area is 125 Å². The molecule has 0 fully saturated rings. The van der Waals surface area contributed by atoms with Crippen LogP contribution in [-0.4, -0.2) is 28.7 Å². The number of hydrogen-bond donors (Lipinski definition) is 2. The van der Waals surface area contributed by atoms with Crippen LogP contribution in [0.1, 0.15) is 18.9 Å². The topological polar surface area (TPSA) is 126 Å². The van der Waals surface area contributed by atoms with E-state index in [1.54, 1.807) is 13.0 Å². The zero-order valence-electron chi connectivity index (χ0n) is 11.6. The van der Waals surface area contributed by atoms with Crippen molar-refractivity contribution in [2.24, 2.45) is 16.1 Å². The monoisotopic (exact) mass is 303 g/mol. The summed E-state index contributed by atoms with van der Waals surface area (Å²) in [5.74, 6) is -1.43. The Bertz CT molecular complexity index is 683. The second kappa shape index (κ2) is 6.57. The van der Waals surface area contributed by atoms with Gasteiger partial charge in [-0.2, -0.15) is 10.2 Å². The average Bonchev–Trinajstić information content (AvgIpc) is 2.79. The highest BCUT2D eigenvalue weighted by Crippen LogP contribution is 2.15. The first-order chi connectivity index (χ1) is 10.5. The number of nitro groups is 1. The third-order valence-corrected chi connectivity index (χ3v) is 3.08. The molecule has 114 valence electrons. The maximum Gasteiger partial charge on any atom is 0.278 e. The number of benzene rings is 1. The lowest BCUT2D eigenvalue weighted by Crippen LogP contribution is -2.29. The lowest BCUT2D eigenvalue weighted by molar-refractivity contribution is -0.385. The summed E-state index contributed by atoms with van der Waals surface area (Å²) in [6, 6.07) is 6.01. The van der Waals surface area contributed by atoms with Gasteiger partial charge in [-0.05, 0) is 13.0 Å².